The van der Waals surface area contributed by atoms with E-state index in [2.05, 4.69) is 39.9 Å². The monoisotopic (exact) mass is 269 g/mol. The predicted molar refractivity (Wildman–Crippen MR) is 88.6 cm³/mol. The topological polar surface area (TPSA) is 12.0 Å². The average Bonchev–Trinajstić information content (AvgIpc) is 2.38. The molecule has 2 atom stereocenters. The molecule has 0 aliphatic rings. The number of unbranched alkanes of at least 4 members (excludes halogenated alkanes) is 3. The molecule has 0 bridgehead atoms. The van der Waals surface area contributed by atoms with E-state index in [1.165, 1.54) is 64.5 Å². The molecule has 1 heteroatoms. The summed E-state index contributed by atoms with van der Waals surface area (Å²) in [5, 5.41) is 3.62. The highest BCUT2D eigenvalue weighted by molar-refractivity contribution is 4.63. The molecule has 0 aliphatic heterocycles. The second kappa shape index (κ2) is 13.0. The van der Waals surface area contributed by atoms with Crippen LogP contribution < -0.4 is 5.32 Å². The Hall–Kier alpha value is -0.0400. The van der Waals surface area contributed by atoms with Crippen LogP contribution in [0.25, 0.3) is 0 Å². The van der Waals surface area contributed by atoms with Crippen molar-refractivity contribution >= 4 is 0 Å². The Morgan fingerprint density at radius 3 is 2.00 bits per heavy atom. The Morgan fingerprint density at radius 2 is 1.37 bits per heavy atom. The Labute approximate surface area is 122 Å². The summed E-state index contributed by atoms with van der Waals surface area (Å²) in [4.78, 5) is 0. The van der Waals surface area contributed by atoms with Gasteiger partial charge in [-0.2, -0.15) is 0 Å². The lowest BCUT2D eigenvalue weighted by molar-refractivity contribution is 0.331. The molecule has 0 saturated carbocycles. The molecule has 19 heavy (non-hydrogen) atoms. The third-order valence-electron chi connectivity index (χ3n) is 4.40. The van der Waals surface area contributed by atoms with Crippen molar-refractivity contribution in [2.45, 2.75) is 86.0 Å². The van der Waals surface area contributed by atoms with Gasteiger partial charge in [0.2, 0.25) is 0 Å². The molecule has 0 spiro atoms. The summed E-state index contributed by atoms with van der Waals surface area (Å²) in [5.74, 6) is 2.64. The lowest BCUT2D eigenvalue weighted by Crippen LogP contribution is -2.21. The molecule has 1 nitrogen and oxygen atoms in total. The zero-order valence-corrected chi connectivity index (χ0v) is 14.3. The Morgan fingerprint density at radius 1 is 0.684 bits per heavy atom. The van der Waals surface area contributed by atoms with Crippen molar-refractivity contribution in [3.8, 4) is 0 Å². The molecule has 0 aromatic rings. The molecule has 0 radical (unpaired) electrons. The minimum absolute atomic E-state index is 0.874. The van der Waals surface area contributed by atoms with Gasteiger partial charge in [-0.15, -0.1) is 0 Å². The third-order valence-corrected chi connectivity index (χ3v) is 4.40. The molecule has 0 aromatic heterocycles. The molecule has 0 fully saturated rings. The van der Waals surface area contributed by atoms with Crippen LogP contribution in [0.1, 0.15) is 86.0 Å². The summed E-state index contributed by atoms with van der Waals surface area (Å²) >= 11 is 0. The Balaban J connectivity index is 3.29. The van der Waals surface area contributed by atoms with Crippen LogP contribution in [-0.4, -0.2) is 13.1 Å². The van der Waals surface area contributed by atoms with Crippen LogP contribution >= 0.6 is 0 Å². The normalized spacial score (nSPS) is 14.8. The fraction of sp³-hybridized carbons (Fsp3) is 1.00. The second-order valence-corrected chi connectivity index (χ2v) is 6.88. The van der Waals surface area contributed by atoms with Crippen molar-refractivity contribution in [3.05, 3.63) is 0 Å². The minimum atomic E-state index is 0.874. The summed E-state index contributed by atoms with van der Waals surface area (Å²) < 4.78 is 0. The molecule has 116 valence electrons. The lowest BCUT2D eigenvalue weighted by atomic mass is 9.89. The maximum absolute atomic E-state index is 3.62. The van der Waals surface area contributed by atoms with Gasteiger partial charge in [0.05, 0.1) is 0 Å². The van der Waals surface area contributed by atoms with Gasteiger partial charge in [-0.05, 0) is 43.7 Å². The summed E-state index contributed by atoms with van der Waals surface area (Å²) in [6.07, 6.45) is 11.0. The van der Waals surface area contributed by atoms with Crippen LogP contribution in [0.2, 0.25) is 0 Å². The first-order chi connectivity index (χ1) is 9.07. The van der Waals surface area contributed by atoms with Crippen molar-refractivity contribution in [1.29, 1.82) is 0 Å². The van der Waals surface area contributed by atoms with Crippen molar-refractivity contribution in [1.82, 2.24) is 5.32 Å². The van der Waals surface area contributed by atoms with Gasteiger partial charge >= 0.3 is 0 Å². The molecule has 1 unspecified atom stereocenters. The number of nitrogens with one attached hydrogen (secondary N) is 1. The Kier molecular flexibility index (Phi) is 12.9. The van der Waals surface area contributed by atoms with E-state index in [0.717, 1.165) is 17.8 Å². The summed E-state index contributed by atoms with van der Waals surface area (Å²) in [6, 6.07) is 0. The molecular weight excluding hydrogens is 230 g/mol. The average molecular weight is 270 g/mol. The SMILES string of the molecule is CCCCC(C)[C@@H](C)CCNCCCCCC(C)C. The Bertz CT molecular complexity index is 177. The second-order valence-electron chi connectivity index (χ2n) is 6.88. The van der Waals surface area contributed by atoms with Crippen LogP contribution in [0, 0.1) is 17.8 Å². The van der Waals surface area contributed by atoms with E-state index in [0.29, 0.717) is 0 Å². The fourth-order valence-corrected chi connectivity index (χ4v) is 2.53. The van der Waals surface area contributed by atoms with Crippen molar-refractivity contribution in [2.24, 2.45) is 17.8 Å². The fourth-order valence-electron chi connectivity index (χ4n) is 2.53. The van der Waals surface area contributed by atoms with Crippen molar-refractivity contribution in [2.75, 3.05) is 13.1 Å². The molecule has 0 heterocycles. The van der Waals surface area contributed by atoms with Crippen molar-refractivity contribution < 1.29 is 0 Å². The van der Waals surface area contributed by atoms with E-state index in [4.69, 9.17) is 0 Å². The predicted octanol–water partition coefficient (Wildman–Crippen LogP) is 5.64. The van der Waals surface area contributed by atoms with E-state index >= 15 is 0 Å². The number of hydrogen-bond acceptors (Lipinski definition) is 1. The highest BCUT2D eigenvalue weighted by Gasteiger charge is 2.10. The highest BCUT2D eigenvalue weighted by Crippen LogP contribution is 2.20. The first-order valence-electron chi connectivity index (χ1n) is 8.78. The van der Waals surface area contributed by atoms with Crippen LogP contribution in [0.4, 0.5) is 0 Å². The van der Waals surface area contributed by atoms with Gasteiger partial charge in [-0.25, -0.2) is 0 Å². The zero-order chi connectivity index (χ0) is 14.5. The maximum atomic E-state index is 3.62. The van der Waals surface area contributed by atoms with Gasteiger partial charge in [0.25, 0.3) is 0 Å². The van der Waals surface area contributed by atoms with Crippen molar-refractivity contribution in [3.63, 3.8) is 0 Å². The summed E-state index contributed by atoms with van der Waals surface area (Å²) in [6.45, 7) is 14.2. The van der Waals surface area contributed by atoms with E-state index in [9.17, 15) is 0 Å². The molecule has 0 aromatic carbocycles. The van der Waals surface area contributed by atoms with Crippen LogP contribution in [0.15, 0.2) is 0 Å². The van der Waals surface area contributed by atoms with Crippen LogP contribution in [0.3, 0.4) is 0 Å². The first-order valence-corrected chi connectivity index (χ1v) is 8.78. The smallest absolute Gasteiger partial charge is 0.00463 e. The standard InChI is InChI=1S/C18H39N/c1-6-7-12-17(4)18(5)13-15-19-14-10-8-9-11-16(2)3/h16-19H,6-15H2,1-5H3/t17?,18-/m0/s1. The van der Waals surface area contributed by atoms with Crippen LogP contribution in [0.5, 0.6) is 0 Å². The molecule has 0 amide bonds. The number of rotatable bonds is 13. The van der Waals surface area contributed by atoms with E-state index in [1.807, 2.05) is 0 Å². The van der Waals surface area contributed by atoms with E-state index in [-0.39, 0.29) is 0 Å². The van der Waals surface area contributed by atoms with Gasteiger partial charge < -0.3 is 5.32 Å². The van der Waals surface area contributed by atoms with Gasteiger partial charge in [-0.1, -0.05) is 73.1 Å². The summed E-state index contributed by atoms with van der Waals surface area (Å²) in [5.41, 5.74) is 0. The van der Waals surface area contributed by atoms with Gasteiger partial charge in [0, 0.05) is 0 Å². The lowest BCUT2D eigenvalue weighted by Gasteiger charge is -2.19. The highest BCUT2D eigenvalue weighted by atomic mass is 14.8. The maximum Gasteiger partial charge on any atom is -0.00463 e. The summed E-state index contributed by atoms with van der Waals surface area (Å²) in [7, 11) is 0. The van der Waals surface area contributed by atoms with E-state index in [1.54, 1.807) is 0 Å². The molecule has 0 aliphatic carbocycles. The van der Waals surface area contributed by atoms with E-state index < -0.39 is 0 Å². The largest absolute Gasteiger partial charge is 0.317 e. The molecule has 0 rings (SSSR count). The zero-order valence-electron chi connectivity index (χ0n) is 14.3. The number of hydrogen-bond donors (Lipinski definition) is 1. The quantitative estimate of drug-likeness (QED) is 0.426. The van der Waals surface area contributed by atoms with Crippen LogP contribution in [-0.2, 0) is 0 Å². The molecular formula is C18H39N. The first kappa shape index (κ1) is 19.0. The minimum Gasteiger partial charge on any atom is -0.317 e. The van der Waals surface area contributed by atoms with Gasteiger partial charge in [0.15, 0.2) is 0 Å². The molecule has 1 N–H and O–H groups in total. The molecule has 0 saturated heterocycles. The van der Waals surface area contributed by atoms with Gasteiger partial charge in [0.1, 0.15) is 0 Å². The third kappa shape index (κ3) is 12.7. The van der Waals surface area contributed by atoms with Gasteiger partial charge in [-0.3, -0.25) is 0 Å².